The molecule has 0 aromatic heterocycles. The molecule has 6 nitrogen and oxygen atoms in total. The van der Waals surface area contributed by atoms with Crippen molar-refractivity contribution in [3.05, 3.63) is 71.3 Å². The minimum Gasteiger partial charge on any atom is -0.350 e. The van der Waals surface area contributed by atoms with Crippen LogP contribution < -0.4 is 10.6 Å². The van der Waals surface area contributed by atoms with Crippen LogP contribution >= 0.6 is 0 Å². The number of benzene rings is 2. The molecule has 1 unspecified atom stereocenters. The molecule has 178 valence electrons. The summed E-state index contributed by atoms with van der Waals surface area (Å²) in [6.07, 6.45) is 0.269. The Hall–Kier alpha value is -2.70. The summed E-state index contributed by atoms with van der Waals surface area (Å²) in [4.78, 5) is 30.5. The van der Waals surface area contributed by atoms with Gasteiger partial charge in [0.1, 0.15) is 6.04 Å². The number of nitrogens with one attached hydrogen (secondary N) is 2. The van der Waals surface area contributed by atoms with Gasteiger partial charge in [0, 0.05) is 39.3 Å². The lowest BCUT2D eigenvalue weighted by Crippen LogP contribution is -2.50. The molecule has 0 saturated carbocycles. The van der Waals surface area contributed by atoms with Gasteiger partial charge in [0.05, 0.1) is 6.42 Å². The zero-order valence-corrected chi connectivity index (χ0v) is 20.2. The minimum atomic E-state index is -0.560. The van der Waals surface area contributed by atoms with Crippen molar-refractivity contribution in [2.45, 2.75) is 46.3 Å². The fourth-order valence-electron chi connectivity index (χ4n) is 4.22. The van der Waals surface area contributed by atoms with Crippen molar-refractivity contribution in [3.8, 4) is 0 Å². The molecule has 1 aliphatic heterocycles. The van der Waals surface area contributed by atoms with Crippen LogP contribution in [0.1, 0.15) is 37.5 Å². The van der Waals surface area contributed by atoms with Gasteiger partial charge in [0.15, 0.2) is 0 Å². The number of hydrogen-bond donors (Lipinski definition) is 2. The van der Waals surface area contributed by atoms with E-state index >= 15 is 0 Å². The summed E-state index contributed by atoms with van der Waals surface area (Å²) < 4.78 is 0. The van der Waals surface area contributed by atoms with Gasteiger partial charge in [-0.15, -0.1) is 0 Å². The Morgan fingerprint density at radius 3 is 2.12 bits per heavy atom. The monoisotopic (exact) mass is 450 g/mol. The topological polar surface area (TPSA) is 64.7 Å². The Labute approximate surface area is 198 Å². The molecular weight excluding hydrogens is 412 g/mol. The first kappa shape index (κ1) is 24.9. The molecule has 0 radical (unpaired) electrons. The van der Waals surface area contributed by atoms with E-state index < -0.39 is 6.04 Å². The normalized spacial score (nSPS) is 15.9. The SMILES string of the molecule is CCN1CCN(Cc2ccccc2CNC(=O)C(NC(=O)Cc2ccccc2)C(C)C)CC1. The highest BCUT2D eigenvalue weighted by molar-refractivity contribution is 5.88. The molecular formula is C27H38N4O2. The van der Waals surface area contributed by atoms with E-state index in [-0.39, 0.29) is 24.2 Å². The summed E-state index contributed by atoms with van der Waals surface area (Å²) in [5.41, 5.74) is 3.31. The first-order valence-electron chi connectivity index (χ1n) is 12.1. The smallest absolute Gasteiger partial charge is 0.243 e. The fraction of sp³-hybridized carbons (Fsp3) is 0.481. The van der Waals surface area contributed by atoms with E-state index in [1.165, 1.54) is 5.56 Å². The molecule has 2 aromatic rings. The zero-order chi connectivity index (χ0) is 23.6. The third-order valence-electron chi connectivity index (χ3n) is 6.35. The first-order valence-corrected chi connectivity index (χ1v) is 12.1. The van der Waals surface area contributed by atoms with Crippen LogP contribution in [-0.4, -0.2) is 60.4 Å². The van der Waals surface area contributed by atoms with Gasteiger partial charge < -0.3 is 15.5 Å². The average molecular weight is 451 g/mol. The molecule has 1 fully saturated rings. The van der Waals surface area contributed by atoms with Crippen molar-refractivity contribution in [1.29, 1.82) is 0 Å². The minimum absolute atomic E-state index is 0.00479. The second kappa shape index (κ2) is 12.5. The molecule has 0 aliphatic carbocycles. The fourth-order valence-corrected chi connectivity index (χ4v) is 4.22. The van der Waals surface area contributed by atoms with Gasteiger partial charge in [-0.1, -0.05) is 75.4 Å². The largest absolute Gasteiger partial charge is 0.350 e. The highest BCUT2D eigenvalue weighted by Crippen LogP contribution is 2.14. The van der Waals surface area contributed by atoms with Crippen LogP contribution in [0.5, 0.6) is 0 Å². The summed E-state index contributed by atoms with van der Waals surface area (Å²) >= 11 is 0. The van der Waals surface area contributed by atoms with Crippen LogP contribution in [-0.2, 0) is 29.1 Å². The Bertz CT molecular complexity index is 892. The molecule has 2 amide bonds. The highest BCUT2D eigenvalue weighted by atomic mass is 16.2. The van der Waals surface area contributed by atoms with Gasteiger partial charge in [-0.2, -0.15) is 0 Å². The van der Waals surface area contributed by atoms with Gasteiger partial charge >= 0.3 is 0 Å². The number of carbonyl (C=O) groups excluding carboxylic acids is 2. The molecule has 1 atom stereocenters. The van der Waals surface area contributed by atoms with E-state index in [1.807, 2.05) is 50.2 Å². The number of amides is 2. The van der Waals surface area contributed by atoms with Crippen molar-refractivity contribution in [3.63, 3.8) is 0 Å². The van der Waals surface area contributed by atoms with E-state index in [0.29, 0.717) is 6.54 Å². The molecule has 33 heavy (non-hydrogen) atoms. The maximum atomic E-state index is 13.0. The van der Waals surface area contributed by atoms with Gasteiger partial charge in [0.25, 0.3) is 0 Å². The van der Waals surface area contributed by atoms with E-state index in [0.717, 1.165) is 50.4 Å². The molecule has 0 bridgehead atoms. The van der Waals surface area contributed by atoms with Gasteiger partial charge in [-0.05, 0) is 29.2 Å². The van der Waals surface area contributed by atoms with E-state index in [1.54, 1.807) is 0 Å². The summed E-state index contributed by atoms with van der Waals surface area (Å²) in [7, 11) is 0. The second-order valence-electron chi connectivity index (χ2n) is 9.15. The number of likely N-dealkylation sites (N-methyl/N-ethyl adjacent to an activating group) is 1. The number of carbonyl (C=O) groups is 2. The summed E-state index contributed by atoms with van der Waals surface area (Å²) in [6, 6.07) is 17.3. The molecule has 1 aliphatic rings. The van der Waals surface area contributed by atoms with Crippen molar-refractivity contribution in [1.82, 2.24) is 20.4 Å². The highest BCUT2D eigenvalue weighted by Gasteiger charge is 2.24. The van der Waals surface area contributed by atoms with Crippen molar-refractivity contribution < 1.29 is 9.59 Å². The molecule has 1 heterocycles. The Kier molecular flexibility index (Phi) is 9.46. The van der Waals surface area contributed by atoms with E-state index in [2.05, 4.69) is 45.6 Å². The second-order valence-corrected chi connectivity index (χ2v) is 9.15. The molecule has 1 saturated heterocycles. The Morgan fingerprint density at radius 2 is 1.48 bits per heavy atom. The van der Waals surface area contributed by atoms with Crippen LogP contribution in [0, 0.1) is 5.92 Å². The lowest BCUT2D eigenvalue weighted by Gasteiger charge is -2.34. The standard InChI is InChI=1S/C27H38N4O2/c1-4-30-14-16-31(17-15-30)20-24-13-9-8-12-23(24)19-28-27(33)26(21(2)3)29-25(32)18-22-10-6-5-7-11-22/h5-13,21,26H,4,14-20H2,1-3H3,(H,28,33)(H,29,32). The van der Waals surface area contributed by atoms with E-state index in [4.69, 9.17) is 0 Å². The van der Waals surface area contributed by atoms with Crippen LogP contribution in [0.15, 0.2) is 54.6 Å². The lowest BCUT2D eigenvalue weighted by molar-refractivity contribution is -0.129. The van der Waals surface area contributed by atoms with Gasteiger partial charge in [-0.3, -0.25) is 14.5 Å². The third-order valence-corrected chi connectivity index (χ3v) is 6.35. The quantitative estimate of drug-likeness (QED) is 0.584. The van der Waals surface area contributed by atoms with Crippen LogP contribution in [0.4, 0.5) is 0 Å². The first-order chi connectivity index (χ1) is 16.0. The van der Waals surface area contributed by atoms with Crippen molar-refractivity contribution >= 4 is 11.8 Å². The van der Waals surface area contributed by atoms with Gasteiger partial charge in [-0.25, -0.2) is 0 Å². The Morgan fingerprint density at radius 1 is 0.879 bits per heavy atom. The van der Waals surface area contributed by atoms with Gasteiger partial charge in [0.2, 0.25) is 11.8 Å². The summed E-state index contributed by atoms with van der Waals surface area (Å²) in [6.45, 7) is 12.9. The molecule has 3 rings (SSSR count). The summed E-state index contributed by atoms with van der Waals surface area (Å²) in [5, 5.41) is 5.99. The molecule has 6 heteroatoms. The molecule has 2 aromatic carbocycles. The summed E-state index contributed by atoms with van der Waals surface area (Å²) in [5.74, 6) is -0.283. The maximum absolute atomic E-state index is 13.0. The molecule has 2 N–H and O–H groups in total. The van der Waals surface area contributed by atoms with Crippen LogP contribution in [0.3, 0.4) is 0 Å². The van der Waals surface area contributed by atoms with E-state index in [9.17, 15) is 9.59 Å². The Balaban J connectivity index is 1.55. The zero-order valence-electron chi connectivity index (χ0n) is 20.2. The third kappa shape index (κ3) is 7.69. The van der Waals surface area contributed by atoms with Crippen LogP contribution in [0.25, 0.3) is 0 Å². The number of piperazine rings is 1. The molecule has 0 spiro atoms. The lowest BCUT2D eigenvalue weighted by atomic mass is 10.0. The number of rotatable bonds is 10. The number of hydrogen-bond acceptors (Lipinski definition) is 4. The average Bonchev–Trinajstić information content (AvgIpc) is 2.82. The van der Waals surface area contributed by atoms with Crippen LogP contribution in [0.2, 0.25) is 0 Å². The maximum Gasteiger partial charge on any atom is 0.243 e. The van der Waals surface area contributed by atoms with Crippen molar-refractivity contribution in [2.75, 3.05) is 32.7 Å². The van der Waals surface area contributed by atoms with Crippen molar-refractivity contribution in [2.24, 2.45) is 5.92 Å². The predicted octanol–water partition coefficient (Wildman–Crippen LogP) is 2.82. The predicted molar refractivity (Wildman–Crippen MR) is 133 cm³/mol. The number of nitrogens with zero attached hydrogens (tertiary/aromatic N) is 2.